The second-order valence-electron chi connectivity index (χ2n) is 9.29. The fourth-order valence-corrected chi connectivity index (χ4v) is 5.08. The fraction of sp³-hybridized carbons (Fsp3) is 0.259. The molecule has 6 nitrogen and oxygen atoms in total. The van der Waals surface area contributed by atoms with Gasteiger partial charge in [-0.25, -0.2) is 9.78 Å². The number of rotatable bonds is 6. The summed E-state index contributed by atoms with van der Waals surface area (Å²) in [6.45, 7) is 3.18. The summed E-state index contributed by atoms with van der Waals surface area (Å²) < 4.78 is 19.6. The van der Waals surface area contributed by atoms with Crippen LogP contribution in [0.4, 0.5) is 0 Å². The van der Waals surface area contributed by atoms with E-state index in [0.29, 0.717) is 30.3 Å². The summed E-state index contributed by atoms with van der Waals surface area (Å²) in [6.07, 6.45) is 5.71. The lowest BCUT2D eigenvalue weighted by atomic mass is 9.62. The lowest BCUT2D eigenvalue weighted by Gasteiger charge is -2.41. The molecule has 0 amide bonds. The van der Waals surface area contributed by atoms with Crippen LogP contribution in [-0.4, -0.2) is 27.6 Å². The summed E-state index contributed by atoms with van der Waals surface area (Å²) in [7, 11) is 0. The van der Waals surface area contributed by atoms with Crippen molar-refractivity contribution in [2.24, 2.45) is 0 Å². The van der Waals surface area contributed by atoms with E-state index in [-0.39, 0.29) is 11.0 Å². The highest BCUT2D eigenvalue weighted by atomic mass is 16.5. The van der Waals surface area contributed by atoms with Gasteiger partial charge in [-0.05, 0) is 37.5 Å². The molecule has 2 saturated heterocycles. The molecule has 0 atom stereocenters. The van der Waals surface area contributed by atoms with Crippen molar-refractivity contribution in [1.82, 2.24) is 9.38 Å². The SMILES string of the molecule is CC12CC(c3cn4cc(C(=O)Oc5ccccc5)c(OCc5ccccc5)cc4n3)(CO1)C2. The van der Waals surface area contributed by atoms with Crippen LogP contribution >= 0.6 is 0 Å². The van der Waals surface area contributed by atoms with E-state index in [1.807, 2.05) is 65.2 Å². The van der Waals surface area contributed by atoms with E-state index in [1.54, 1.807) is 18.3 Å². The number of nitrogens with zero attached hydrogens (tertiary/aromatic N) is 2. The zero-order valence-electron chi connectivity index (χ0n) is 18.4. The minimum Gasteiger partial charge on any atom is -0.488 e. The molecule has 166 valence electrons. The van der Waals surface area contributed by atoms with Crippen molar-refractivity contribution >= 4 is 11.6 Å². The maximum atomic E-state index is 13.1. The molecule has 3 aliphatic rings. The zero-order valence-corrected chi connectivity index (χ0v) is 18.4. The third-order valence-corrected chi connectivity index (χ3v) is 6.63. The Bertz CT molecular complexity index is 1320. The predicted octanol–water partition coefficient (Wildman–Crippen LogP) is 4.95. The molecular formula is C27H24N2O4. The van der Waals surface area contributed by atoms with Crippen LogP contribution in [0, 0.1) is 0 Å². The van der Waals surface area contributed by atoms with Crippen molar-refractivity contribution in [3.63, 3.8) is 0 Å². The van der Waals surface area contributed by atoms with E-state index in [0.717, 1.165) is 29.7 Å². The van der Waals surface area contributed by atoms with Gasteiger partial charge in [0.1, 0.15) is 29.3 Å². The monoisotopic (exact) mass is 440 g/mol. The number of benzene rings is 2. The molecule has 4 aromatic rings. The van der Waals surface area contributed by atoms with Crippen LogP contribution in [-0.2, 0) is 16.8 Å². The number of hydrogen-bond donors (Lipinski definition) is 0. The highest BCUT2D eigenvalue weighted by molar-refractivity contribution is 5.94. The van der Waals surface area contributed by atoms with Gasteiger partial charge in [-0.15, -0.1) is 0 Å². The average molecular weight is 440 g/mol. The van der Waals surface area contributed by atoms with Crippen molar-refractivity contribution in [1.29, 1.82) is 0 Å². The van der Waals surface area contributed by atoms with Gasteiger partial charge in [-0.2, -0.15) is 0 Å². The number of aromatic nitrogens is 2. The highest BCUT2D eigenvalue weighted by Crippen LogP contribution is 2.58. The Morgan fingerprint density at radius 2 is 1.79 bits per heavy atom. The zero-order chi connectivity index (χ0) is 22.5. The number of esters is 1. The Labute approximate surface area is 191 Å². The number of para-hydroxylation sites is 1. The van der Waals surface area contributed by atoms with Gasteiger partial charge in [0, 0.05) is 23.9 Å². The fourth-order valence-electron chi connectivity index (χ4n) is 5.08. The third kappa shape index (κ3) is 3.56. The summed E-state index contributed by atoms with van der Waals surface area (Å²) in [6, 6.07) is 20.7. The van der Waals surface area contributed by atoms with Gasteiger partial charge < -0.3 is 18.6 Å². The van der Waals surface area contributed by atoms with Crippen LogP contribution < -0.4 is 9.47 Å². The minimum atomic E-state index is -0.472. The van der Waals surface area contributed by atoms with Gasteiger partial charge in [-0.1, -0.05) is 48.5 Å². The summed E-state index contributed by atoms with van der Waals surface area (Å²) in [5, 5.41) is 0. The minimum absolute atomic E-state index is 0.0234. The average Bonchev–Trinajstić information content (AvgIpc) is 3.49. The smallest absolute Gasteiger partial charge is 0.348 e. The van der Waals surface area contributed by atoms with Gasteiger partial charge in [0.25, 0.3) is 0 Å². The molecule has 0 unspecified atom stereocenters. The Balaban J connectivity index is 1.36. The number of imidazole rings is 1. The molecule has 0 radical (unpaired) electrons. The Hall–Kier alpha value is -3.64. The second kappa shape index (κ2) is 7.46. The second-order valence-corrected chi connectivity index (χ2v) is 9.29. The number of carbonyl (C=O) groups is 1. The normalized spacial score (nSPS) is 23.3. The van der Waals surface area contributed by atoms with Crippen molar-refractivity contribution in [3.8, 4) is 11.5 Å². The summed E-state index contributed by atoms with van der Waals surface area (Å²) in [5.74, 6) is 0.460. The molecule has 4 heterocycles. The van der Waals surface area contributed by atoms with Crippen LogP contribution in [0.25, 0.3) is 5.65 Å². The van der Waals surface area contributed by atoms with E-state index in [9.17, 15) is 4.79 Å². The van der Waals surface area contributed by atoms with Crippen LogP contribution in [0.1, 0.15) is 41.4 Å². The van der Waals surface area contributed by atoms with Crippen LogP contribution in [0.3, 0.4) is 0 Å². The van der Waals surface area contributed by atoms with Crippen molar-refractivity contribution in [2.75, 3.05) is 6.61 Å². The van der Waals surface area contributed by atoms with E-state index in [1.165, 1.54) is 0 Å². The maximum Gasteiger partial charge on any atom is 0.348 e. The largest absolute Gasteiger partial charge is 0.488 e. The van der Waals surface area contributed by atoms with Gasteiger partial charge in [0.2, 0.25) is 0 Å². The summed E-state index contributed by atoms with van der Waals surface area (Å²) in [4.78, 5) is 18.0. The first-order valence-electron chi connectivity index (χ1n) is 11.1. The van der Waals surface area contributed by atoms with E-state index < -0.39 is 5.97 Å². The Kier molecular flexibility index (Phi) is 4.52. The molecule has 1 aliphatic carbocycles. The molecule has 0 N–H and O–H groups in total. The van der Waals surface area contributed by atoms with E-state index in [2.05, 4.69) is 6.92 Å². The molecule has 7 rings (SSSR count). The first-order valence-corrected chi connectivity index (χ1v) is 11.1. The first kappa shape index (κ1) is 20.0. The molecule has 2 aliphatic heterocycles. The number of carbonyl (C=O) groups excluding carboxylic acids is 1. The van der Waals surface area contributed by atoms with Gasteiger partial charge in [0.15, 0.2) is 0 Å². The van der Waals surface area contributed by atoms with E-state index >= 15 is 0 Å². The van der Waals surface area contributed by atoms with Gasteiger partial charge in [-0.3, -0.25) is 0 Å². The maximum absolute atomic E-state index is 13.1. The standard InChI is InChI=1S/C27H24N2O4/c1-26-16-27(17-26,18-32-26)23-14-29-13-21(25(30)33-20-10-6-3-7-11-20)22(12-24(29)28-23)31-15-19-8-4-2-5-9-19/h2-14H,15-18H2,1H3. The van der Waals surface area contributed by atoms with Crippen LogP contribution in [0.5, 0.6) is 11.5 Å². The molecule has 1 saturated carbocycles. The predicted molar refractivity (Wildman–Crippen MR) is 123 cm³/mol. The molecule has 3 fully saturated rings. The van der Waals surface area contributed by atoms with Crippen LogP contribution in [0.2, 0.25) is 0 Å². The lowest BCUT2D eigenvalue weighted by Crippen LogP contribution is -2.45. The molecule has 33 heavy (non-hydrogen) atoms. The van der Waals surface area contributed by atoms with Gasteiger partial charge in [0.05, 0.1) is 17.9 Å². The van der Waals surface area contributed by atoms with Crippen molar-refractivity contribution in [3.05, 3.63) is 95.9 Å². The number of pyridine rings is 1. The van der Waals surface area contributed by atoms with E-state index in [4.69, 9.17) is 19.2 Å². The Morgan fingerprint density at radius 3 is 2.48 bits per heavy atom. The van der Waals surface area contributed by atoms with Crippen molar-refractivity contribution in [2.45, 2.75) is 37.4 Å². The molecule has 0 spiro atoms. The van der Waals surface area contributed by atoms with Crippen LogP contribution in [0.15, 0.2) is 79.1 Å². The molecular weight excluding hydrogens is 416 g/mol. The van der Waals surface area contributed by atoms with Gasteiger partial charge >= 0.3 is 5.97 Å². The topological polar surface area (TPSA) is 62.1 Å². The molecule has 2 bridgehead atoms. The first-order chi connectivity index (χ1) is 16.0. The quantitative estimate of drug-likeness (QED) is 0.314. The summed E-state index contributed by atoms with van der Waals surface area (Å²) in [5.41, 5.74) is 3.05. The lowest BCUT2D eigenvalue weighted by molar-refractivity contribution is 0.0154. The summed E-state index contributed by atoms with van der Waals surface area (Å²) >= 11 is 0. The van der Waals surface area contributed by atoms with Crippen molar-refractivity contribution < 1.29 is 19.0 Å². The Morgan fingerprint density at radius 1 is 1.06 bits per heavy atom. The number of fused-ring (bicyclic) bond motifs is 2. The molecule has 2 aromatic heterocycles. The number of ether oxygens (including phenoxy) is 3. The number of hydrogen-bond acceptors (Lipinski definition) is 5. The third-order valence-electron chi connectivity index (χ3n) is 6.63. The molecule has 6 heteroatoms. The highest BCUT2D eigenvalue weighted by Gasteiger charge is 2.61. The molecule has 2 aromatic carbocycles.